The Morgan fingerprint density at radius 3 is 2.25 bits per heavy atom. The lowest BCUT2D eigenvalue weighted by Crippen LogP contribution is -1.99. The standard InChI is InChI=1S/C7H4F3NO/c8-4-1-6(10)7(11-3-12)2-5(4)9/h1-3H,(H,11,12). The zero-order chi connectivity index (χ0) is 9.14. The predicted octanol–water partition coefficient (Wildman–Crippen LogP) is 1.67. The molecule has 0 aliphatic rings. The van der Waals surface area contributed by atoms with Crippen LogP contribution in [0.25, 0.3) is 0 Å². The Morgan fingerprint density at radius 1 is 1.08 bits per heavy atom. The highest BCUT2D eigenvalue weighted by Crippen LogP contribution is 2.17. The predicted molar refractivity (Wildman–Crippen MR) is 36.0 cm³/mol. The monoisotopic (exact) mass is 175 g/mol. The van der Waals surface area contributed by atoms with Crippen molar-refractivity contribution in [2.75, 3.05) is 5.32 Å². The van der Waals surface area contributed by atoms with Crippen molar-refractivity contribution in [2.45, 2.75) is 0 Å². The van der Waals surface area contributed by atoms with E-state index in [1.165, 1.54) is 0 Å². The van der Waals surface area contributed by atoms with E-state index in [4.69, 9.17) is 0 Å². The fraction of sp³-hybridized carbons (Fsp3) is 0. The summed E-state index contributed by atoms with van der Waals surface area (Å²) >= 11 is 0. The number of carbonyl (C=O) groups excluding carboxylic acids is 1. The van der Waals surface area contributed by atoms with Gasteiger partial charge in [-0.15, -0.1) is 0 Å². The van der Waals surface area contributed by atoms with E-state index in [1.54, 1.807) is 0 Å². The summed E-state index contributed by atoms with van der Waals surface area (Å²) in [5.41, 5.74) is -0.385. The summed E-state index contributed by atoms with van der Waals surface area (Å²) in [6.07, 6.45) is 0.176. The highest BCUT2D eigenvalue weighted by atomic mass is 19.2. The average Bonchev–Trinajstić information content (AvgIpc) is 2.01. The van der Waals surface area contributed by atoms with Crippen LogP contribution in [-0.2, 0) is 4.79 Å². The Balaban J connectivity index is 3.13. The largest absolute Gasteiger partial charge is 0.326 e. The first-order valence-corrected chi connectivity index (χ1v) is 3.00. The van der Waals surface area contributed by atoms with Gasteiger partial charge in [-0.25, -0.2) is 13.2 Å². The molecule has 0 bridgehead atoms. The van der Waals surface area contributed by atoms with Gasteiger partial charge in [0.15, 0.2) is 11.6 Å². The summed E-state index contributed by atoms with van der Waals surface area (Å²) < 4.78 is 37.2. The molecule has 0 heterocycles. The van der Waals surface area contributed by atoms with Crippen LogP contribution in [0.15, 0.2) is 12.1 Å². The second-order valence-corrected chi connectivity index (χ2v) is 2.01. The molecule has 1 aromatic rings. The maximum Gasteiger partial charge on any atom is 0.211 e. The summed E-state index contributed by atoms with van der Waals surface area (Å²) in [7, 11) is 0. The van der Waals surface area contributed by atoms with E-state index in [-0.39, 0.29) is 12.1 Å². The number of rotatable bonds is 2. The molecule has 0 spiro atoms. The van der Waals surface area contributed by atoms with E-state index < -0.39 is 17.5 Å². The first-order valence-electron chi connectivity index (χ1n) is 3.00. The molecule has 0 radical (unpaired) electrons. The van der Waals surface area contributed by atoms with Crippen LogP contribution in [0.3, 0.4) is 0 Å². The van der Waals surface area contributed by atoms with Crippen LogP contribution >= 0.6 is 0 Å². The molecule has 64 valence electrons. The van der Waals surface area contributed by atoms with Gasteiger partial charge in [0.25, 0.3) is 0 Å². The topological polar surface area (TPSA) is 29.1 Å². The van der Waals surface area contributed by atoms with Gasteiger partial charge in [0, 0.05) is 12.1 Å². The molecule has 0 saturated carbocycles. The minimum atomic E-state index is -1.29. The van der Waals surface area contributed by atoms with E-state index in [0.717, 1.165) is 0 Å². The molecular weight excluding hydrogens is 171 g/mol. The van der Waals surface area contributed by atoms with Gasteiger partial charge in [-0.3, -0.25) is 4.79 Å². The van der Waals surface area contributed by atoms with Crippen LogP contribution in [0, 0.1) is 17.5 Å². The molecule has 0 saturated heterocycles. The molecule has 5 heteroatoms. The maximum absolute atomic E-state index is 12.6. The third-order valence-electron chi connectivity index (χ3n) is 1.22. The van der Waals surface area contributed by atoms with Crippen LogP contribution in [0.1, 0.15) is 0 Å². The van der Waals surface area contributed by atoms with Crippen molar-refractivity contribution in [1.82, 2.24) is 0 Å². The van der Waals surface area contributed by atoms with E-state index >= 15 is 0 Å². The van der Waals surface area contributed by atoms with E-state index in [0.29, 0.717) is 12.1 Å². The molecule has 2 nitrogen and oxygen atoms in total. The fourth-order valence-electron chi connectivity index (χ4n) is 0.697. The highest BCUT2D eigenvalue weighted by molar-refractivity contribution is 5.71. The molecule has 0 aromatic heterocycles. The first kappa shape index (κ1) is 8.58. The van der Waals surface area contributed by atoms with Crippen molar-refractivity contribution in [3.63, 3.8) is 0 Å². The number of carbonyl (C=O) groups is 1. The van der Waals surface area contributed by atoms with Crippen molar-refractivity contribution in [2.24, 2.45) is 0 Å². The fourth-order valence-corrected chi connectivity index (χ4v) is 0.697. The van der Waals surface area contributed by atoms with Gasteiger partial charge in [-0.05, 0) is 0 Å². The van der Waals surface area contributed by atoms with E-state index in [2.05, 4.69) is 0 Å². The van der Waals surface area contributed by atoms with Crippen molar-refractivity contribution in [3.05, 3.63) is 29.6 Å². The van der Waals surface area contributed by atoms with Gasteiger partial charge >= 0.3 is 0 Å². The Kier molecular flexibility index (Phi) is 2.32. The van der Waals surface area contributed by atoms with Gasteiger partial charge in [-0.2, -0.15) is 0 Å². The number of anilines is 1. The molecule has 0 aliphatic carbocycles. The number of hydrogen-bond donors (Lipinski definition) is 1. The average molecular weight is 175 g/mol. The van der Waals surface area contributed by atoms with Gasteiger partial charge in [0.2, 0.25) is 6.41 Å². The number of hydrogen-bond acceptors (Lipinski definition) is 1. The van der Waals surface area contributed by atoms with Crippen LogP contribution in [0.4, 0.5) is 18.9 Å². The van der Waals surface area contributed by atoms with Gasteiger partial charge < -0.3 is 5.32 Å². The minimum Gasteiger partial charge on any atom is -0.326 e. The molecule has 1 rings (SSSR count). The minimum absolute atomic E-state index is 0.176. The van der Waals surface area contributed by atoms with Gasteiger partial charge in [0.1, 0.15) is 5.82 Å². The lowest BCUT2D eigenvalue weighted by molar-refractivity contribution is -0.105. The molecule has 1 N–H and O–H groups in total. The normalized spacial score (nSPS) is 9.58. The van der Waals surface area contributed by atoms with Gasteiger partial charge in [0.05, 0.1) is 5.69 Å². The Labute approximate surface area is 66.0 Å². The number of halogens is 3. The van der Waals surface area contributed by atoms with Crippen molar-refractivity contribution < 1.29 is 18.0 Å². The lowest BCUT2D eigenvalue weighted by Gasteiger charge is -2.00. The lowest BCUT2D eigenvalue weighted by atomic mass is 10.3. The molecule has 12 heavy (non-hydrogen) atoms. The van der Waals surface area contributed by atoms with Crippen LogP contribution < -0.4 is 5.32 Å². The number of amides is 1. The third kappa shape index (κ3) is 1.55. The number of nitrogens with one attached hydrogen (secondary N) is 1. The number of benzene rings is 1. The van der Waals surface area contributed by atoms with Gasteiger partial charge in [-0.1, -0.05) is 0 Å². The third-order valence-corrected chi connectivity index (χ3v) is 1.22. The molecule has 0 aliphatic heterocycles. The molecule has 0 unspecified atom stereocenters. The van der Waals surface area contributed by atoms with Crippen molar-refractivity contribution in [1.29, 1.82) is 0 Å². The zero-order valence-electron chi connectivity index (χ0n) is 5.77. The van der Waals surface area contributed by atoms with Crippen LogP contribution in [-0.4, -0.2) is 6.41 Å². The molecule has 0 atom stereocenters. The maximum atomic E-state index is 12.6. The highest BCUT2D eigenvalue weighted by Gasteiger charge is 2.08. The smallest absolute Gasteiger partial charge is 0.211 e. The van der Waals surface area contributed by atoms with E-state index in [1.807, 2.05) is 5.32 Å². The molecule has 1 amide bonds. The summed E-state index contributed by atoms with van der Waals surface area (Å²) in [5, 5.41) is 1.88. The quantitative estimate of drug-likeness (QED) is 0.537. The summed E-state index contributed by atoms with van der Waals surface area (Å²) in [6, 6.07) is 0.931. The first-order chi connectivity index (χ1) is 5.65. The Bertz CT molecular complexity index is 314. The van der Waals surface area contributed by atoms with Crippen molar-refractivity contribution >= 4 is 12.1 Å². The Hall–Kier alpha value is -1.52. The van der Waals surface area contributed by atoms with E-state index in [9.17, 15) is 18.0 Å². The summed E-state index contributed by atoms with van der Waals surface area (Å²) in [4.78, 5) is 9.83. The summed E-state index contributed by atoms with van der Waals surface area (Å²) in [5.74, 6) is -3.51. The van der Waals surface area contributed by atoms with Crippen molar-refractivity contribution in [3.8, 4) is 0 Å². The summed E-state index contributed by atoms with van der Waals surface area (Å²) in [6.45, 7) is 0. The Morgan fingerprint density at radius 2 is 1.67 bits per heavy atom. The van der Waals surface area contributed by atoms with Crippen LogP contribution in [0.2, 0.25) is 0 Å². The molecular formula is C7H4F3NO. The molecule has 1 aromatic carbocycles. The second kappa shape index (κ2) is 3.25. The SMILES string of the molecule is O=CNc1cc(F)c(F)cc1F. The zero-order valence-corrected chi connectivity index (χ0v) is 5.77. The second-order valence-electron chi connectivity index (χ2n) is 2.01. The van der Waals surface area contributed by atoms with Crippen LogP contribution in [0.5, 0.6) is 0 Å². The molecule has 0 fully saturated rings.